The van der Waals surface area contributed by atoms with Gasteiger partial charge >= 0.3 is 0 Å². The van der Waals surface area contributed by atoms with Crippen LogP contribution in [0.2, 0.25) is 0 Å². The predicted octanol–water partition coefficient (Wildman–Crippen LogP) is 0.0386. The second-order valence-corrected chi connectivity index (χ2v) is 3.91. The molecule has 0 spiro atoms. The second-order valence-electron chi connectivity index (χ2n) is 3.91. The number of hydrogen-bond donors (Lipinski definition) is 0. The van der Waals surface area contributed by atoms with Crippen LogP contribution >= 0.6 is 0 Å². The van der Waals surface area contributed by atoms with Crippen molar-refractivity contribution in [3.05, 3.63) is 22.1 Å². The summed E-state index contributed by atoms with van der Waals surface area (Å²) >= 11 is 0. The molecule has 6 heteroatoms. The highest BCUT2D eigenvalue weighted by molar-refractivity contribution is 5.75. The summed E-state index contributed by atoms with van der Waals surface area (Å²) < 4.78 is 6.38. The van der Waals surface area contributed by atoms with Gasteiger partial charge in [-0.3, -0.25) is 14.2 Å². The number of hydrogen-bond acceptors (Lipinski definition) is 4. The summed E-state index contributed by atoms with van der Waals surface area (Å²) in [5, 5.41) is 0. The lowest BCUT2D eigenvalue weighted by Crippen LogP contribution is -2.27. The summed E-state index contributed by atoms with van der Waals surface area (Å²) in [4.78, 5) is 28.7. The largest absolute Gasteiger partial charge is 0.468 e. The molecule has 1 rings (SSSR count). The maximum Gasteiger partial charge on any atom is 0.299 e. The van der Waals surface area contributed by atoms with E-state index in [0.29, 0.717) is 5.69 Å². The van der Waals surface area contributed by atoms with Gasteiger partial charge in [-0.1, -0.05) is 0 Å². The number of aromatic nitrogens is 2. The summed E-state index contributed by atoms with van der Waals surface area (Å²) in [7, 11) is 4.80. The van der Waals surface area contributed by atoms with Gasteiger partial charge in [0.05, 0.1) is 7.11 Å². The minimum absolute atomic E-state index is 0.0421. The first-order valence-corrected chi connectivity index (χ1v) is 5.28. The van der Waals surface area contributed by atoms with Gasteiger partial charge < -0.3 is 9.64 Å². The van der Waals surface area contributed by atoms with E-state index >= 15 is 0 Å². The average Bonchev–Trinajstić information content (AvgIpc) is 2.26. The van der Waals surface area contributed by atoms with Crippen molar-refractivity contribution < 1.29 is 9.53 Å². The van der Waals surface area contributed by atoms with Gasteiger partial charge in [0.2, 0.25) is 5.91 Å². The number of amides is 1. The Labute approximate surface area is 99.8 Å². The van der Waals surface area contributed by atoms with Gasteiger partial charge in [-0.05, 0) is 6.92 Å². The van der Waals surface area contributed by atoms with Crippen LogP contribution in [0, 0.1) is 6.92 Å². The molecule has 0 bridgehead atoms. The minimum Gasteiger partial charge on any atom is -0.468 e. The van der Waals surface area contributed by atoms with Crippen molar-refractivity contribution in [2.24, 2.45) is 0 Å². The first-order valence-electron chi connectivity index (χ1n) is 5.28. The molecule has 0 aliphatic rings. The van der Waals surface area contributed by atoms with Gasteiger partial charge in [-0.15, -0.1) is 0 Å². The van der Waals surface area contributed by atoms with E-state index in [1.54, 1.807) is 21.0 Å². The number of ether oxygens (including phenoxy) is 1. The molecule has 1 heterocycles. The Hall–Kier alpha value is -1.85. The topological polar surface area (TPSA) is 64.4 Å². The maximum absolute atomic E-state index is 11.7. The molecular weight excluding hydrogens is 222 g/mol. The number of methoxy groups -OCH3 is 1. The zero-order valence-corrected chi connectivity index (χ0v) is 10.6. The molecule has 1 amide bonds. The van der Waals surface area contributed by atoms with Crippen molar-refractivity contribution in [3.63, 3.8) is 0 Å². The molecule has 94 valence electrons. The highest BCUT2D eigenvalue weighted by atomic mass is 16.5. The van der Waals surface area contributed by atoms with E-state index in [2.05, 4.69) is 4.98 Å². The molecule has 1 aromatic rings. The molecule has 0 aliphatic carbocycles. The Kier molecular flexibility index (Phi) is 4.25. The summed E-state index contributed by atoms with van der Waals surface area (Å²) in [6.07, 6.45) is 0.244. The van der Waals surface area contributed by atoms with Gasteiger partial charge in [0.1, 0.15) is 0 Å². The zero-order valence-electron chi connectivity index (χ0n) is 10.6. The molecule has 6 nitrogen and oxygen atoms in total. The van der Waals surface area contributed by atoms with Crippen LogP contribution in [0.15, 0.2) is 10.9 Å². The lowest BCUT2D eigenvalue weighted by atomic mass is 10.3. The summed E-state index contributed by atoms with van der Waals surface area (Å²) in [6.45, 7) is 1.99. The van der Waals surface area contributed by atoms with E-state index in [1.165, 1.54) is 22.6 Å². The second kappa shape index (κ2) is 5.47. The first-order chi connectivity index (χ1) is 7.95. The lowest BCUT2D eigenvalue weighted by Gasteiger charge is -2.13. The van der Waals surface area contributed by atoms with Gasteiger partial charge in [-0.25, -0.2) is 4.98 Å². The fraction of sp³-hybridized carbons (Fsp3) is 0.545. The number of rotatable bonds is 4. The summed E-state index contributed by atoms with van der Waals surface area (Å²) in [6, 6.07) is 1.66. The van der Waals surface area contributed by atoms with Crippen LogP contribution in [0.4, 0.5) is 0 Å². The molecule has 0 fully saturated rings. The first kappa shape index (κ1) is 13.2. The van der Waals surface area contributed by atoms with Crippen molar-refractivity contribution in [3.8, 4) is 6.01 Å². The molecule has 17 heavy (non-hydrogen) atoms. The molecule has 1 aromatic heterocycles. The van der Waals surface area contributed by atoms with Crippen molar-refractivity contribution in [1.29, 1.82) is 0 Å². The molecule has 0 saturated carbocycles. The van der Waals surface area contributed by atoms with Crippen molar-refractivity contribution in [2.75, 3.05) is 21.2 Å². The molecule has 0 atom stereocenters. The van der Waals surface area contributed by atoms with Crippen LogP contribution < -0.4 is 10.3 Å². The average molecular weight is 239 g/mol. The number of carbonyl (C=O) groups is 1. The fourth-order valence-electron chi connectivity index (χ4n) is 1.39. The third-order valence-electron chi connectivity index (χ3n) is 2.33. The maximum atomic E-state index is 11.7. The third-order valence-corrected chi connectivity index (χ3v) is 2.33. The normalized spacial score (nSPS) is 10.1. The molecule has 0 saturated heterocycles. The Balaban J connectivity index is 2.91. The van der Waals surface area contributed by atoms with E-state index in [9.17, 15) is 9.59 Å². The molecule has 0 radical (unpaired) electrons. The quantitative estimate of drug-likeness (QED) is 0.744. The molecule has 0 N–H and O–H groups in total. The zero-order chi connectivity index (χ0) is 13.0. The standard InChI is InChI=1S/C11H17N3O3/c1-8-7-10(16)14(11(12-8)17-4)6-5-9(15)13(2)3/h7H,5-6H2,1-4H3. The van der Waals surface area contributed by atoms with Crippen LogP contribution in [-0.2, 0) is 11.3 Å². The van der Waals surface area contributed by atoms with Crippen molar-refractivity contribution in [2.45, 2.75) is 19.9 Å². The van der Waals surface area contributed by atoms with Crippen LogP contribution in [-0.4, -0.2) is 41.6 Å². The van der Waals surface area contributed by atoms with E-state index in [-0.39, 0.29) is 30.4 Å². The van der Waals surface area contributed by atoms with Gasteiger partial charge in [0, 0.05) is 38.8 Å². The SMILES string of the molecule is COc1nc(C)cc(=O)n1CCC(=O)N(C)C. The van der Waals surface area contributed by atoms with Crippen molar-refractivity contribution >= 4 is 5.91 Å². The van der Waals surface area contributed by atoms with E-state index in [0.717, 1.165) is 0 Å². The highest BCUT2D eigenvalue weighted by Gasteiger charge is 2.10. The fourth-order valence-corrected chi connectivity index (χ4v) is 1.39. The van der Waals surface area contributed by atoms with Gasteiger partial charge in [0.25, 0.3) is 11.6 Å². The smallest absolute Gasteiger partial charge is 0.299 e. The number of aryl methyl sites for hydroxylation is 1. The van der Waals surface area contributed by atoms with E-state index in [4.69, 9.17) is 4.74 Å². The summed E-state index contributed by atoms with van der Waals surface area (Å²) in [5.74, 6) is -0.0421. The van der Waals surface area contributed by atoms with Crippen LogP contribution in [0.25, 0.3) is 0 Å². The Morgan fingerprint density at radius 3 is 2.71 bits per heavy atom. The lowest BCUT2D eigenvalue weighted by molar-refractivity contribution is -0.128. The van der Waals surface area contributed by atoms with Gasteiger partial charge in [0.15, 0.2) is 0 Å². The summed E-state index contributed by atoms with van der Waals surface area (Å²) in [5.41, 5.74) is 0.392. The third kappa shape index (κ3) is 3.30. The Morgan fingerprint density at radius 2 is 2.18 bits per heavy atom. The monoisotopic (exact) mass is 239 g/mol. The molecule has 0 unspecified atom stereocenters. The molecule has 0 aromatic carbocycles. The Morgan fingerprint density at radius 1 is 1.53 bits per heavy atom. The van der Waals surface area contributed by atoms with E-state index in [1.807, 2.05) is 0 Å². The van der Waals surface area contributed by atoms with Crippen molar-refractivity contribution in [1.82, 2.24) is 14.5 Å². The highest BCUT2D eigenvalue weighted by Crippen LogP contribution is 2.05. The predicted molar refractivity (Wildman–Crippen MR) is 63.1 cm³/mol. The number of nitrogens with zero attached hydrogens (tertiary/aromatic N) is 3. The number of carbonyl (C=O) groups excluding carboxylic acids is 1. The van der Waals surface area contributed by atoms with Crippen LogP contribution in [0.5, 0.6) is 6.01 Å². The van der Waals surface area contributed by atoms with Crippen LogP contribution in [0.1, 0.15) is 12.1 Å². The minimum atomic E-state index is -0.207. The molecular formula is C11H17N3O3. The van der Waals surface area contributed by atoms with Gasteiger partial charge in [-0.2, -0.15) is 0 Å². The molecule has 0 aliphatic heterocycles. The van der Waals surface area contributed by atoms with Crippen LogP contribution in [0.3, 0.4) is 0 Å². The van der Waals surface area contributed by atoms with E-state index < -0.39 is 0 Å². The Bertz CT molecular complexity index is 466.